The van der Waals surface area contributed by atoms with Crippen molar-refractivity contribution in [1.29, 1.82) is 0 Å². The molecule has 0 aliphatic carbocycles. The lowest BCUT2D eigenvalue weighted by Gasteiger charge is -2.39. The fourth-order valence-electron chi connectivity index (χ4n) is 1.46. The third-order valence-corrected chi connectivity index (χ3v) is 2.26. The van der Waals surface area contributed by atoms with Crippen molar-refractivity contribution in [3.8, 4) is 0 Å². The fourth-order valence-corrected chi connectivity index (χ4v) is 1.46. The molecule has 5 unspecified atom stereocenters. The Morgan fingerprint density at radius 2 is 2.07 bits per heavy atom. The molecule has 1 rings (SSSR count). The molecule has 1 saturated heterocycles. The minimum absolute atomic E-state index is 0.138. The molecule has 0 bridgehead atoms. The molecule has 0 radical (unpaired) electrons. The van der Waals surface area contributed by atoms with Gasteiger partial charge in [-0.05, 0) is 5.53 Å². The second-order valence-corrected chi connectivity index (χ2v) is 3.16. The highest BCUT2D eigenvalue weighted by atomic mass is 16.6. The van der Waals surface area contributed by atoms with Gasteiger partial charge in [-0.25, -0.2) is 0 Å². The average molecular weight is 219 g/mol. The normalized spacial score (nSPS) is 40.9. The summed E-state index contributed by atoms with van der Waals surface area (Å²) in [5.74, 6) is 0. The first kappa shape index (κ1) is 12.2. The molecule has 0 aromatic carbocycles. The van der Waals surface area contributed by atoms with E-state index in [1.54, 1.807) is 0 Å². The van der Waals surface area contributed by atoms with Gasteiger partial charge < -0.3 is 24.8 Å². The van der Waals surface area contributed by atoms with Crippen LogP contribution in [0.3, 0.4) is 0 Å². The Balaban J connectivity index is 2.70. The maximum absolute atomic E-state index is 9.64. The Morgan fingerprint density at radius 1 is 1.40 bits per heavy atom. The number of aliphatic hydroxyl groups is 3. The van der Waals surface area contributed by atoms with Crippen LogP contribution in [-0.2, 0) is 9.47 Å². The van der Waals surface area contributed by atoms with Crippen LogP contribution in [0.2, 0.25) is 0 Å². The quantitative estimate of drug-likeness (QED) is 0.310. The summed E-state index contributed by atoms with van der Waals surface area (Å²) in [7, 11) is 1.29. The van der Waals surface area contributed by atoms with E-state index < -0.39 is 30.7 Å². The third kappa shape index (κ3) is 2.57. The highest BCUT2D eigenvalue weighted by molar-refractivity contribution is 4.90. The second-order valence-electron chi connectivity index (χ2n) is 3.16. The highest BCUT2D eigenvalue weighted by Crippen LogP contribution is 2.22. The summed E-state index contributed by atoms with van der Waals surface area (Å²) >= 11 is 0. The van der Waals surface area contributed by atoms with Gasteiger partial charge in [0.05, 0.1) is 12.6 Å². The molecule has 0 spiro atoms. The summed E-state index contributed by atoms with van der Waals surface area (Å²) in [6.45, 7) is -0.138. The number of nitrogens with zero attached hydrogens (tertiary/aromatic N) is 3. The van der Waals surface area contributed by atoms with Gasteiger partial charge in [0, 0.05) is 12.0 Å². The van der Waals surface area contributed by atoms with Gasteiger partial charge >= 0.3 is 0 Å². The molecule has 0 aromatic rings. The van der Waals surface area contributed by atoms with E-state index in [1.807, 2.05) is 0 Å². The van der Waals surface area contributed by atoms with Gasteiger partial charge in [0.25, 0.3) is 0 Å². The smallest absolute Gasteiger partial charge is 0.183 e. The molecule has 3 N–H and O–H groups in total. The van der Waals surface area contributed by atoms with Crippen LogP contribution < -0.4 is 0 Å². The zero-order chi connectivity index (χ0) is 11.4. The van der Waals surface area contributed by atoms with Crippen molar-refractivity contribution in [3.05, 3.63) is 10.4 Å². The van der Waals surface area contributed by atoms with Crippen molar-refractivity contribution in [1.82, 2.24) is 0 Å². The van der Waals surface area contributed by atoms with Crippen LogP contribution in [0.5, 0.6) is 0 Å². The highest BCUT2D eigenvalue weighted by Gasteiger charge is 2.43. The lowest BCUT2D eigenvalue weighted by Crippen LogP contribution is -2.58. The van der Waals surface area contributed by atoms with E-state index in [9.17, 15) is 15.3 Å². The average Bonchev–Trinajstić information content (AvgIpc) is 2.22. The molecule has 0 amide bonds. The number of hydrogen-bond acceptors (Lipinski definition) is 6. The molecule has 1 fully saturated rings. The lowest BCUT2D eigenvalue weighted by molar-refractivity contribution is -0.283. The topological polar surface area (TPSA) is 128 Å². The summed E-state index contributed by atoms with van der Waals surface area (Å²) in [6, 6.07) is 0. The molecule has 86 valence electrons. The Labute approximate surface area is 85.7 Å². The Kier molecular flexibility index (Phi) is 4.28. The van der Waals surface area contributed by atoms with E-state index in [1.165, 1.54) is 7.11 Å². The number of aliphatic hydroxyl groups excluding tert-OH is 3. The molecule has 15 heavy (non-hydrogen) atoms. The van der Waals surface area contributed by atoms with Crippen LogP contribution in [0.4, 0.5) is 0 Å². The molecule has 1 aliphatic heterocycles. The Hall–Kier alpha value is -0.890. The molecule has 8 heteroatoms. The summed E-state index contributed by atoms with van der Waals surface area (Å²) in [4.78, 5) is 2.51. The molecule has 8 nitrogen and oxygen atoms in total. The molecule has 1 aliphatic rings. The van der Waals surface area contributed by atoms with Gasteiger partial charge in [0.15, 0.2) is 6.29 Å². The zero-order valence-corrected chi connectivity index (χ0v) is 8.09. The number of ether oxygens (including phenoxy) is 2. The molecule has 0 aromatic heterocycles. The number of rotatable bonds is 3. The predicted molar refractivity (Wildman–Crippen MR) is 47.7 cm³/mol. The first-order valence-electron chi connectivity index (χ1n) is 4.35. The van der Waals surface area contributed by atoms with E-state index in [4.69, 9.17) is 15.0 Å². The monoisotopic (exact) mass is 219 g/mol. The minimum atomic E-state index is -1.46. The van der Waals surface area contributed by atoms with Crippen LogP contribution in [0, 0.1) is 0 Å². The minimum Gasteiger partial charge on any atom is -0.388 e. The number of azide groups is 1. The molecular formula is C7H13N3O5. The Bertz CT molecular complexity index is 257. The van der Waals surface area contributed by atoms with Crippen molar-refractivity contribution < 1.29 is 24.8 Å². The van der Waals surface area contributed by atoms with Crippen LogP contribution in [-0.4, -0.2) is 59.7 Å². The molecule has 5 atom stereocenters. The van der Waals surface area contributed by atoms with Crippen LogP contribution >= 0.6 is 0 Å². The number of hydrogen-bond donors (Lipinski definition) is 3. The Morgan fingerprint density at radius 3 is 2.60 bits per heavy atom. The first-order valence-corrected chi connectivity index (χ1v) is 4.35. The van der Waals surface area contributed by atoms with E-state index in [-0.39, 0.29) is 6.54 Å². The van der Waals surface area contributed by atoms with E-state index in [2.05, 4.69) is 10.0 Å². The molecule has 0 saturated carbocycles. The van der Waals surface area contributed by atoms with Gasteiger partial charge in [0.1, 0.15) is 18.3 Å². The number of methoxy groups -OCH3 is 1. The first-order chi connectivity index (χ1) is 7.11. The van der Waals surface area contributed by atoms with Crippen LogP contribution in [0.25, 0.3) is 10.4 Å². The maximum atomic E-state index is 9.64. The zero-order valence-electron chi connectivity index (χ0n) is 8.09. The predicted octanol–water partition coefficient (Wildman–Crippen LogP) is -1.25. The van der Waals surface area contributed by atoms with Crippen molar-refractivity contribution in [2.45, 2.75) is 30.7 Å². The summed E-state index contributed by atoms with van der Waals surface area (Å²) < 4.78 is 9.68. The van der Waals surface area contributed by atoms with Gasteiger partial charge in [-0.1, -0.05) is 5.11 Å². The summed E-state index contributed by atoms with van der Waals surface area (Å²) in [5.41, 5.74) is 8.10. The van der Waals surface area contributed by atoms with Gasteiger partial charge in [-0.2, -0.15) is 0 Å². The van der Waals surface area contributed by atoms with Crippen molar-refractivity contribution >= 4 is 0 Å². The summed E-state index contributed by atoms with van der Waals surface area (Å²) in [5, 5.41) is 31.5. The van der Waals surface area contributed by atoms with Crippen LogP contribution in [0.1, 0.15) is 0 Å². The van der Waals surface area contributed by atoms with E-state index in [0.717, 1.165) is 0 Å². The van der Waals surface area contributed by atoms with E-state index >= 15 is 0 Å². The third-order valence-electron chi connectivity index (χ3n) is 2.26. The lowest BCUT2D eigenvalue weighted by atomic mass is 9.99. The van der Waals surface area contributed by atoms with Crippen molar-refractivity contribution in [2.75, 3.05) is 13.7 Å². The van der Waals surface area contributed by atoms with Crippen molar-refractivity contribution in [2.24, 2.45) is 5.11 Å². The van der Waals surface area contributed by atoms with Crippen molar-refractivity contribution in [3.63, 3.8) is 0 Å². The van der Waals surface area contributed by atoms with E-state index in [0.29, 0.717) is 0 Å². The van der Waals surface area contributed by atoms with Gasteiger partial charge in [-0.3, -0.25) is 0 Å². The standard InChI is InChI=1S/C7H13N3O5/c1-14-6-4(11)3(2-9-10-8)15-7(13)5(6)12/h3-7,11-13H,2H2,1H3. The SMILES string of the molecule is COC1C(O)C(O)OC(CN=[N+]=[N-])C1O. The summed E-state index contributed by atoms with van der Waals surface area (Å²) in [6.07, 6.45) is -5.79. The van der Waals surface area contributed by atoms with Gasteiger partial charge in [-0.15, -0.1) is 0 Å². The molecule has 1 heterocycles. The van der Waals surface area contributed by atoms with Crippen LogP contribution in [0.15, 0.2) is 5.11 Å². The largest absolute Gasteiger partial charge is 0.388 e. The van der Waals surface area contributed by atoms with Gasteiger partial charge in [0.2, 0.25) is 0 Å². The molecular weight excluding hydrogens is 206 g/mol. The fraction of sp³-hybridized carbons (Fsp3) is 1.00. The second kappa shape index (κ2) is 5.26. The maximum Gasteiger partial charge on any atom is 0.183 e.